The molecule has 2 heterocycles. The van der Waals surface area contributed by atoms with Gasteiger partial charge in [-0.1, -0.05) is 24.3 Å². The largest absolute Gasteiger partial charge is 2.00 e. The number of aromatic nitrogens is 4. The molecule has 2 aromatic carbocycles. The van der Waals surface area contributed by atoms with Gasteiger partial charge in [0.05, 0.1) is 34.0 Å². The van der Waals surface area contributed by atoms with Crippen molar-refractivity contribution in [2.24, 2.45) is 11.5 Å². The average Bonchev–Trinajstić information content (AvgIpc) is 3.39. The van der Waals surface area contributed by atoms with E-state index in [-0.39, 0.29) is 23.1 Å². The number of carboxylic acids is 2. The Labute approximate surface area is 205 Å². The predicted molar refractivity (Wildman–Crippen MR) is 121 cm³/mol. The second-order valence-electron chi connectivity index (χ2n) is 7.33. The minimum Gasteiger partial charge on any atom is -0.548 e. The third kappa shape index (κ3) is 7.53. The number of benzene rings is 2. The molecule has 6 N–H and O–H groups in total. The Kier molecular flexibility index (Phi) is 9.79. The van der Waals surface area contributed by atoms with E-state index in [1.165, 1.54) is 0 Å². The van der Waals surface area contributed by atoms with Gasteiger partial charge in [-0.25, -0.2) is 9.97 Å². The van der Waals surface area contributed by atoms with Gasteiger partial charge in [-0.05, 0) is 37.1 Å². The molecule has 0 saturated carbocycles. The van der Waals surface area contributed by atoms with Gasteiger partial charge in [0.15, 0.2) is 0 Å². The number of H-pyrrole nitrogens is 2. The molecule has 0 aliphatic heterocycles. The molecule has 0 amide bonds. The van der Waals surface area contributed by atoms with Gasteiger partial charge in [0, 0.05) is 24.9 Å². The van der Waals surface area contributed by atoms with Gasteiger partial charge < -0.3 is 41.2 Å². The number of nitrogens with one attached hydrogen (secondary N) is 2. The van der Waals surface area contributed by atoms with Gasteiger partial charge in [0.1, 0.15) is 11.6 Å². The standard InChI is InChI=1S/2C11H13N3O2.Mg/c2*12-7(11(15)16)5-6-10-13-8-3-1-2-4-9(8)14-10;/h2*1-4,7H,5-6,12H2,(H,13,14)(H,15,16);/q;;+2/p-2. The molecule has 2 atom stereocenters. The van der Waals surface area contributed by atoms with Crippen LogP contribution in [0.2, 0.25) is 0 Å². The minimum atomic E-state index is -1.23. The van der Waals surface area contributed by atoms with Crippen LogP contribution in [0.1, 0.15) is 24.5 Å². The first kappa shape index (κ1) is 26.3. The summed E-state index contributed by atoms with van der Waals surface area (Å²) in [5, 5.41) is 20.9. The summed E-state index contributed by atoms with van der Waals surface area (Å²) in [5.41, 5.74) is 14.3. The molecule has 0 aliphatic carbocycles. The molecule has 11 heteroatoms. The molecule has 10 nitrogen and oxygen atoms in total. The fraction of sp³-hybridized carbons (Fsp3) is 0.273. The maximum atomic E-state index is 10.4. The second kappa shape index (κ2) is 12.3. The van der Waals surface area contributed by atoms with Crippen LogP contribution in [0.4, 0.5) is 0 Å². The Bertz CT molecular complexity index is 1050. The summed E-state index contributed by atoms with van der Waals surface area (Å²) in [4.78, 5) is 35.7. The SMILES string of the molecule is NC(CCc1nc2ccccc2[nH]1)C(=O)[O-].NC(CCc1nc2ccccc2[nH]1)C(=O)[O-].[Mg+2]. The van der Waals surface area contributed by atoms with Crippen molar-refractivity contribution in [2.75, 3.05) is 0 Å². The summed E-state index contributed by atoms with van der Waals surface area (Å²) in [6.45, 7) is 0. The number of hydrogen-bond donors (Lipinski definition) is 4. The van der Waals surface area contributed by atoms with Crippen LogP contribution in [0.15, 0.2) is 48.5 Å². The zero-order valence-corrected chi connectivity index (χ0v) is 19.4. The van der Waals surface area contributed by atoms with Gasteiger partial charge in [0.25, 0.3) is 0 Å². The number of aryl methyl sites for hydroxylation is 2. The fourth-order valence-corrected chi connectivity index (χ4v) is 3.07. The van der Waals surface area contributed by atoms with E-state index in [9.17, 15) is 19.8 Å². The Hall–Kier alpha value is -2.99. The number of carbonyl (C=O) groups excluding carboxylic acids is 2. The van der Waals surface area contributed by atoms with E-state index in [0.29, 0.717) is 25.7 Å². The van der Waals surface area contributed by atoms with Gasteiger partial charge in [-0.3, -0.25) is 0 Å². The first-order chi connectivity index (χ1) is 15.3. The van der Waals surface area contributed by atoms with Crippen LogP contribution in [-0.4, -0.2) is 67.0 Å². The summed E-state index contributed by atoms with van der Waals surface area (Å²) >= 11 is 0. The van der Waals surface area contributed by atoms with Crippen molar-refractivity contribution in [3.8, 4) is 0 Å². The summed E-state index contributed by atoms with van der Waals surface area (Å²) in [6, 6.07) is 13.4. The number of fused-ring (bicyclic) bond motifs is 2. The second-order valence-corrected chi connectivity index (χ2v) is 7.33. The van der Waals surface area contributed by atoms with Crippen molar-refractivity contribution >= 4 is 57.1 Å². The Morgan fingerprint density at radius 1 is 0.758 bits per heavy atom. The summed E-state index contributed by atoms with van der Waals surface area (Å²) < 4.78 is 0. The number of nitrogens with zero attached hydrogens (tertiary/aromatic N) is 2. The number of aliphatic carboxylic acids is 2. The molecular formula is C22H24MgN6O4. The molecule has 0 fully saturated rings. The van der Waals surface area contributed by atoms with Crippen molar-refractivity contribution in [2.45, 2.75) is 37.8 Å². The molecule has 0 radical (unpaired) electrons. The van der Waals surface area contributed by atoms with Gasteiger partial charge in [-0.2, -0.15) is 0 Å². The molecule has 0 spiro atoms. The fourth-order valence-electron chi connectivity index (χ4n) is 3.07. The van der Waals surface area contributed by atoms with Crippen LogP contribution in [0.25, 0.3) is 22.1 Å². The molecule has 33 heavy (non-hydrogen) atoms. The third-order valence-electron chi connectivity index (χ3n) is 4.87. The van der Waals surface area contributed by atoms with Crippen LogP contribution in [0.5, 0.6) is 0 Å². The first-order valence-electron chi connectivity index (χ1n) is 10.1. The van der Waals surface area contributed by atoms with Crippen LogP contribution < -0.4 is 21.7 Å². The van der Waals surface area contributed by atoms with Gasteiger partial charge >= 0.3 is 23.1 Å². The monoisotopic (exact) mass is 460 g/mol. The molecule has 4 aromatic rings. The number of imidazole rings is 2. The van der Waals surface area contributed by atoms with E-state index in [2.05, 4.69) is 19.9 Å². The molecule has 0 bridgehead atoms. The average molecular weight is 461 g/mol. The van der Waals surface area contributed by atoms with Gasteiger partial charge in [-0.15, -0.1) is 0 Å². The summed E-state index contributed by atoms with van der Waals surface area (Å²) in [6.07, 6.45) is 1.65. The maximum Gasteiger partial charge on any atom is 2.00 e. The minimum absolute atomic E-state index is 0. The van der Waals surface area contributed by atoms with Crippen molar-refractivity contribution < 1.29 is 19.8 Å². The summed E-state index contributed by atoms with van der Waals surface area (Å²) in [5.74, 6) is -0.956. The summed E-state index contributed by atoms with van der Waals surface area (Å²) in [7, 11) is 0. The predicted octanol–water partition coefficient (Wildman–Crippen LogP) is -1.24. The molecule has 4 rings (SSSR count). The number of nitrogens with two attached hydrogens (primary N) is 2. The molecule has 2 aromatic heterocycles. The topological polar surface area (TPSA) is 190 Å². The number of hydrogen-bond acceptors (Lipinski definition) is 8. The third-order valence-corrected chi connectivity index (χ3v) is 4.87. The normalized spacial score (nSPS) is 12.4. The van der Waals surface area contributed by atoms with E-state index in [1.54, 1.807) is 0 Å². The number of aromatic amines is 2. The Morgan fingerprint density at radius 2 is 1.12 bits per heavy atom. The molecule has 0 aliphatic rings. The van der Waals surface area contributed by atoms with Crippen molar-refractivity contribution in [1.82, 2.24) is 19.9 Å². The first-order valence-corrected chi connectivity index (χ1v) is 10.1. The van der Waals surface area contributed by atoms with E-state index >= 15 is 0 Å². The number of rotatable bonds is 8. The maximum absolute atomic E-state index is 10.4. The Balaban J connectivity index is 0.000000227. The van der Waals surface area contributed by atoms with Crippen LogP contribution in [-0.2, 0) is 22.4 Å². The zero-order chi connectivity index (χ0) is 23.1. The quantitative estimate of drug-likeness (QED) is 0.235. The number of para-hydroxylation sites is 4. The van der Waals surface area contributed by atoms with E-state index in [4.69, 9.17) is 11.5 Å². The van der Waals surface area contributed by atoms with Crippen LogP contribution in [0.3, 0.4) is 0 Å². The smallest absolute Gasteiger partial charge is 0.548 e. The van der Waals surface area contributed by atoms with E-state index < -0.39 is 24.0 Å². The number of carbonyl (C=O) groups is 2. The van der Waals surface area contributed by atoms with Crippen molar-refractivity contribution in [1.29, 1.82) is 0 Å². The zero-order valence-electron chi connectivity index (χ0n) is 18.0. The van der Waals surface area contributed by atoms with Crippen molar-refractivity contribution in [3.63, 3.8) is 0 Å². The molecule has 0 saturated heterocycles. The molecular weight excluding hydrogens is 437 g/mol. The molecule has 168 valence electrons. The van der Waals surface area contributed by atoms with Crippen molar-refractivity contribution in [3.05, 3.63) is 60.2 Å². The number of carboxylic acid groups (broad SMARTS) is 2. The van der Waals surface area contributed by atoms with Crippen LogP contribution in [0, 0.1) is 0 Å². The Morgan fingerprint density at radius 3 is 1.45 bits per heavy atom. The molecule has 2 unspecified atom stereocenters. The van der Waals surface area contributed by atoms with Crippen LogP contribution >= 0.6 is 0 Å². The van der Waals surface area contributed by atoms with Gasteiger partial charge in [0.2, 0.25) is 0 Å². The van der Waals surface area contributed by atoms with E-state index in [1.807, 2.05) is 48.5 Å². The van der Waals surface area contributed by atoms with E-state index in [0.717, 1.165) is 33.7 Å².